The van der Waals surface area contributed by atoms with Crippen LogP contribution in [0.1, 0.15) is 54.0 Å². The van der Waals surface area contributed by atoms with Crippen molar-refractivity contribution in [1.29, 1.82) is 0 Å². The molecule has 0 radical (unpaired) electrons. The first-order valence-electron chi connectivity index (χ1n) is 7.54. The van der Waals surface area contributed by atoms with Crippen molar-refractivity contribution in [3.05, 3.63) is 40.0 Å². The van der Waals surface area contributed by atoms with Crippen LogP contribution in [0.15, 0.2) is 12.2 Å². The molecule has 1 aliphatic rings. The molecule has 0 saturated heterocycles. The van der Waals surface area contributed by atoms with Crippen LogP contribution in [-0.2, 0) is 6.42 Å². The lowest BCUT2D eigenvalue weighted by atomic mass is 9.83. The highest BCUT2D eigenvalue weighted by Gasteiger charge is 2.33. The normalized spacial score (nSPS) is 20.7. The van der Waals surface area contributed by atoms with Crippen LogP contribution in [0.2, 0.25) is 0 Å². The lowest BCUT2D eigenvalue weighted by molar-refractivity contribution is 0.0558. The van der Waals surface area contributed by atoms with Crippen LogP contribution in [0.3, 0.4) is 0 Å². The summed E-state index contributed by atoms with van der Waals surface area (Å²) < 4.78 is 30.6. The van der Waals surface area contributed by atoms with Gasteiger partial charge >= 0.3 is 0 Å². The van der Waals surface area contributed by atoms with Gasteiger partial charge in [0.15, 0.2) is 0 Å². The number of allylic oxidation sites excluding steroid dienone is 1. The number of hydrogen-bond donors (Lipinski definition) is 0. The third kappa shape index (κ3) is 3.12. The first-order valence-corrected chi connectivity index (χ1v) is 7.54. The number of ether oxygens (including phenoxy) is 1. The van der Waals surface area contributed by atoms with Crippen LogP contribution < -0.4 is 4.74 Å². The number of halogens is 2. The van der Waals surface area contributed by atoms with Crippen molar-refractivity contribution >= 4 is 0 Å². The number of hydrogen-bond acceptors (Lipinski definition) is 1. The maximum absolute atomic E-state index is 12.2. The van der Waals surface area contributed by atoms with Crippen molar-refractivity contribution in [2.75, 3.05) is 0 Å². The molecule has 116 valence electrons. The maximum atomic E-state index is 12.2. The van der Waals surface area contributed by atoms with Gasteiger partial charge in [0.2, 0.25) is 0 Å². The van der Waals surface area contributed by atoms with Crippen LogP contribution >= 0.6 is 0 Å². The summed E-state index contributed by atoms with van der Waals surface area (Å²) >= 11 is 0. The van der Waals surface area contributed by atoms with Crippen LogP contribution in [0.4, 0.5) is 8.78 Å². The van der Waals surface area contributed by atoms with Crippen LogP contribution in [0, 0.1) is 27.7 Å². The fourth-order valence-electron chi connectivity index (χ4n) is 3.14. The van der Waals surface area contributed by atoms with Crippen LogP contribution in [0.25, 0.3) is 0 Å². The summed E-state index contributed by atoms with van der Waals surface area (Å²) in [5.41, 5.74) is 6.04. The highest BCUT2D eigenvalue weighted by atomic mass is 19.3. The molecular weight excluding hydrogens is 270 g/mol. The van der Waals surface area contributed by atoms with E-state index in [1.54, 1.807) is 0 Å². The lowest BCUT2D eigenvalue weighted by Gasteiger charge is -2.38. The molecule has 0 aromatic heterocycles. The van der Waals surface area contributed by atoms with Crippen molar-refractivity contribution in [2.24, 2.45) is 0 Å². The zero-order valence-corrected chi connectivity index (χ0v) is 13.6. The summed E-state index contributed by atoms with van der Waals surface area (Å²) in [5, 5.41) is 0. The molecule has 1 aliphatic heterocycles. The van der Waals surface area contributed by atoms with Gasteiger partial charge < -0.3 is 4.74 Å². The van der Waals surface area contributed by atoms with E-state index in [1.165, 1.54) is 27.8 Å². The molecule has 0 saturated carbocycles. The molecule has 3 heteroatoms. The second kappa shape index (κ2) is 5.78. The van der Waals surface area contributed by atoms with Gasteiger partial charge in [0, 0.05) is 0 Å². The first-order chi connectivity index (χ1) is 9.75. The molecule has 1 atom stereocenters. The fraction of sp³-hybridized carbons (Fsp3) is 0.556. The molecule has 0 aliphatic carbocycles. The maximum Gasteiger partial charge on any atom is 0.266 e. The average molecular weight is 294 g/mol. The summed E-state index contributed by atoms with van der Waals surface area (Å²) in [5.74, 6) is 0.981. The molecule has 1 heterocycles. The minimum absolute atomic E-state index is 0.349. The molecule has 0 unspecified atom stereocenters. The predicted octanol–water partition coefficient (Wildman–Crippen LogP) is 5.56. The van der Waals surface area contributed by atoms with E-state index in [1.807, 2.05) is 6.92 Å². The Balaban J connectivity index is 2.30. The van der Waals surface area contributed by atoms with Gasteiger partial charge in [0.25, 0.3) is 6.08 Å². The van der Waals surface area contributed by atoms with E-state index in [2.05, 4.69) is 27.7 Å². The van der Waals surface area contributed by atoms with Gasteiger partial charge in [0.05, 0.1) is 0 Å². The van der Waals surface area contributed by atoms with E-state index >= 15 is 0 Å². The van der Waals surface area contributed by atoms with Crippen molar-refractivity contribution in [2.45, 2.75) is 65.9 Å². The van der Waals surface area contributed by atoms with E-state index in [-0.39, 0.29) is 5.60 Å². The predicted molar refractivity (Wildman–Crippen MR) is 82.3 cm³/mol. The Morgan fingerprint density at radius 3 is 2.33 bits per heavy atom. The summed E-state index contributed by atoms with van der Waals surface area (Å²) in [6, 6.07) is 0. The molecule has 21 heavy (non-hydrogen) atoms. The Morgan fingerprint density at radius 2 is 1.71 bits per heavy atom. The van der Waals surface area contributed by atoms with Crippen molar-refractivity contribution in [1.82, 2.24) is 0 Å². The molecule has 1 aromatic carbocycles. The Kier molecular flexibility index (Phi) is 4.40. The van der Waals surface area contributed by atoms with Gasteiger partial charge in [-0.1, -0.05) is 0 Å². The minimum Gasteiger partial charge on any atom is -0.487 e. The van der Waals surface area contributed by atoms with E-state index < -0.39 is 6.08 Å². The zero-order valence-electron chi connectivity index (χ0n) is 13.6. The van der Waals surface area contributed by atoms with E-state index in [9.17, 15) is 8.78 Å². The van der Waals surface area contributed by atoms with Crippen molar-refractivity contribution in [3.8, 4) is 5.75 Å². The molecule has 0 amide bonds. The van der Waals surface area contributed by atoms with Gasteiger partial charge in [-0.15, -0.1) is 0 Å². The first kappa shape index (κ1) is 16.0. The van der Waals surface area contributed by atoms with Crippen LogP contribution in [0.5, 0.6) is 5.75 Å². The highest BCUT2D eigenvalue weighted by Crippen LogP contribution is 2.42. The van der Waals surface area contributed by atoms with Gasteiger partial charge in [-0.25, -0.2) is 0 Å². The molecule has 2 rings (SSSR count). The molecule has 0 fully saturated rings. The molecule has 1 nitrogen and oxygen atoms in total. The average Bonchev–Trinajstić information content (AvgIpc) is 2.42. The van der Waals surface area contributed by atoms with Crippen molar-refractivity contribution in [3.63, 3.8) is 0 Å². The van der Waals surface area contributed by atoms with E-state index in [0.717, 1.165) is 24.7 Å². The van der Waals surface area contributed by atoms with Gasteiger partial charge in [-0.2, -0.15) is 8.78 Å². The number of fused-ring (bicyclic) bond motifs is 1. The monoisotopic (exact) mass is 294 g/mol. The fourth-order valence-corrected chi connectivity index (χ4v) is 3.14. The highest BCUT2D eigenvalue weighted by molar-refractivity contribution is 5.55. The summed E-state index contributed by atoms with van der Waals surface area (Å²) in [6.45, 7) is 10.5. The second-order valence-electron chi connectivity index (χ2n) is 6.39. The lowest BCUT2D eigenvalue weighted by Crippen LogP contribution is -2.37. The number of rotatable bonds is 3. The molecular formula is C18H24F2O. The van der Waals surface area contributed by atoms with Gasteiger partial charge in [0.1, 0.15) is 11.4 Å². The second-order valence-corrected chi connectivity index (χ2v) is 6.39. The smallest absolute Gasteiger partial charge is 0.266 e. The number of benzene rings is 1. The van der Waals surface area contributed by atoms with Crippen LogP contribution in [-0.4, -0.2) is 5.60 Å². The Labute approximate surface area is 126 Å². The topological polar surface area (TPSA) is 9.23 Å². The zero-order chi connectivity index (χ0) is 15.8. The third-order valence-corrected chi connectivity index (χ3v) is 4.98. The largest absolute Gasteiger partial charge is 0.487 e. The molecule has 0 spiro atoms. The SMILES string of the molecule is Cc1c(C)c(C)c2c(c1C)CC[C@@](C)(CCC=C(F)F)O2. The summed E-state index contributed by atoms with van der Waals surface area (Å²) in [4.78, 5) is 0. The Bertz CT molecular complexity index is 586. The van der Waals surface area contributed by atoms with Gasteiger partial charge in [-0.3, -0.25) is 0 Å². The van der Waals surface area contributed by atoms with Gasteiger partial charge in [-0.05, 0) is 94.2 Å². The Morgan fingerprint density at radius 1 is 1.10 bits per heavy atom. The minimum atomic E-state index is -1.60. The van der Waals surface area contributed by atoms with E-state index in [0.29, 0.717) is 12.8 Å². The summed E-state index contributed by atoms with van der Waals surface area (Å²) in [7, 11) is 0. The van der Waals surface area contributed by atoms with E-state index in [4.69, 9.17) is 4.74 Å². The third-order valence-electron chi connectivity index (χ3n) is 4.98. The molecule has 0 bridgehead atoms. The Hall–Kier alpha value is -1.38. The standard InChI is InChI=1S/C18H24F2O/c1-11-12(2)14(4)17-15(13(11)3)8-10-18(5,21-17)9-6-7-16(19)20/h7H,6,8-10H2,1-5H3/t18-/m1/s1. The summed E-state index contributed by atoms with van der Waals surface area (Å²) in [6.07, 6.45) is 2.20. The molecule has 0 N–H and O–H groups in total. The quantitative estimate of drug-likeness (QED) is 0.708. The molecule has 1 aromatic rings. The van der Waals surface area contributed by atoms with Crippen molar-refractivity contribution < 1.29 is 13.5 Å².